The maximum absolute atomic E-state index is 13.4. The van der Waals surface area contributed by atoms with Crippen LogP contribution in [0.3, 0.4) is 0 Å². The van der Waals surface area contributed by atoms with E-state index in [4.69, 9.17) is 4.74 Å². The Morgan fingerprint density at radius 3 is 1.78 bits per heavy atom. The minimum absolute atomic E-state index is 0.145. The van der Waals surface area contributed by atoms with E-state index in [0.29, 0.717) is 0 Å². The number of quaternary nitrogens is 2. The van der Waals surface area contributed by atoms with E-state index in [1.54, 1.807) is 7.11 Å². The summed E-state index contributed by atoms with van der Waals surface area (Å²) >= 11 is 0. The minimum atomic E-state index is -0.145. The van der Waals surface area contributed by atoms with Crippen molar-refractivity contribution in [2.75, 3.05) is 53.4 Å². The van der Waals surface area contributed by atoms with Crippen molar-refractivity contribution in [2.24, 2.45) is 0 Å². The zero-order valence-electron chi connectivity index (χ0n) is 11.3. The van der Waals surface area contributed by atoms with Crippen LogP contribution in [0.2, 0.25) is 0 Å². The van der Waals surface area contributed by atoms with Gasteiger partial charge in [0.15, 0.2) is 19.6 Å². The Hall–Kier alpha value is -1.13. The van der Waals surface area contributed by atoms with Crippen LogP contribution < -0.4 is 4.74 Å². The number of benzene rings is 1. The van der Waals surface area contributed by atoms with E-state index >= 15 is 0 Å². The number of fused-ring (bicyclic) bond motifs is 3. The molecule has 18 heavy (non-hydrogen) atoms. The van der Waals surface area contributed by atoms with Gasteiger partial charge in [-0.05, 0) is 16.6 Å². The Labute approximate surface area is 108 Å². The quantitative estimate of drug-likeness (QED) is 0.549. The molecular formula is C14H23FN2O+2. The van der Waals surface area contributed by atoms with Crippen LogP contribution in [-0.2, 0) is 0 Å². The summed E-state index contributed by atoms with van der Waals surface area (Å²) in [5.41, 5.74) is 0. The van der Waals surface area contributed by atoms with E-state index in [9.17, 15) is 4.48 Å². The third-order valence-corrected chi connectivity index (χ3v) is 4.10. The molecule has 3 nitrogen and oxygen atoms in total. The molecule has 100 valence electrons. The van der Waals surface area contributed by atoms with Crippen LogP contribution in [-0.4, -0.2) is 62.6 Å². The molecule has 3 heterocycles. The molecule has 3 aliphatic heterocycles. The largest absolute Gasteiger partial charge is 0.497 e. The Kier molecular flexibility index (Phi) is 3.88. The molecule has 2 bridgehead atoms. The topological polar surface area (TPSA) is 9.23 Å². The van der Waals surface area contributed by atoms with Gasteiger partial charge in [-0.25, -0.2) is 0 Å². The standard InChI is InChI=1S/C7H15FN2.C7H8O/c1-9-2-5-10(8,6-3-9)7-4-9;1-8-7-5-3-2-4-6-7/h2-7H2,1H3;2-6H,1H3/q+2;. The van der Waals surface area contributed by atoms with Crippen molar-refractivity contribution in [3.8, 4) is 5.75 Å². The van der Waals surface area contributed by atoms with Crippen molar-refractivity contribution < 1.29 is 18.4 Å². The van der Waals surface area contributed by atoms with Gasteiger partial charge in [0.25, 0.3) is 0 Å². The molecule has 0 unspecified atom stereocenters. The number of ether oxygens (including phenoxy) is 1. The molecule has 0 aromatic heterocycles. The number of likely N-dealkylation sites (N-methyl/N-ethyl adjacent to an activating group) is 1. The summed E-state index contributed by atoms with van der Waals surface area (Å²) in [6, 6.07) is 9.68. The Morgan fingerprint density at radius 1 is 0.944 bits per heavy atom. The Morgan fingerprint density at radius 2 is 1.44 bits per heavy atom. The predicted octanol–water partition coefficient (Wildman–Crippen LogP) is 1.86. The van der Waals surface area contributed by atoms with Gasteiger partial charge >= 0.3 is 0 Å². The highest BCUT2D eigenvalue weighted by atomic mass is 19.2. The van der Waals surface area contributed by atoms with E-state index in [2.05, 4.69) is 7.05 Å². The zero-order valence-corrected chi connectivity index (χ0v) is 11.3. The van der Waals surface area contributed by atoms with Gasteiger partial charge in [-0.3, -0.25) is 0 Å². The fourth-order valence-electron chi connectivity index (χ4n) is 2.49. The molecule has 4 heteroatoms. The molecule has 3 fully saturated rings. The van der Waals surface area contributed by atoms with E-state index in [-0.39, 0.29) is 4.71 Å². The summed E-state index contributed by atoms with van der Waals surface area (Å²) in [4.78, 5) is 0. The third kappa shape index (κ3) is 3.21. The van der Waals surface area contributed by atoms with Crippen molar-refractivity contribution in [1.29, 1.82) is 0 Å². The summed E-state index contributed by atoms with van der Waals surface area (Å²) in [7, 11) is 3.90. The van der Waals surface area contributed by atoms with Crippen molar-refractivity contribution in [2.45, 2.75) is 0 Å². The highest BCUT2D eigenvalue weighted by Crippen LogP contribution is 2.24. The lowest BCUT2D eigenvalue weighted by Crippen LogP contribution is -2.70. The average molecular weight is 254 g/mol. The number of hydrogen-bond donors (Lipinski definition) is 0. The van der Waals surface area contributed by atoms with Crippen molar-refractivity contribution in [3.05, 3.63) is 30.3 Å². The fourth-order valence-corrected chi connectivity index (χ4v) is 2.49. The average Bonchev–Trinajstić information content (AvgIpc) is 2.43. The SMILES string of the molecule is COc1ccccc1.C[N+]12CC[N+](F)(CC1)CC2. The smallest absolute Gasteiger partial charge is 0.164 e. The predicted molar refractivity (Wildman–Crippen MR) is 69.7 cm³/mol. The van der Waals surface area contributed by atoms with Gasteiger partial charge in [0.2, 0.25) is 0 Å². The summed E-state index contributed by atoms with van der Waals surface area (Å²) in [5.74, 6) is 0.910. The van der Waals surface area contributed by atoms with Gasteiger partial charge in [0, 0.05) is 0 Å². The molecule has 0 aliphatic carbocycles. The highest BCUT2D eigenvalue weighted by molar-refractivity contribution is 5.20. The minimum Gasteiger partial charge on any atom is -0.497 e. The van der Waals surface area contributed by atoms with E-state index < -0.39 is 0 Å². The van der Waals surface area contributed by atoms with E-state index in [1.165, 1.54) is 0 Å². The fraction of sp³-hybridized carbons (Fsp3) is 0.571. The molecule has 1 aromatic carbocycles. The highest BCUT2D eigenvalue weighted by Gasteiger charge is 2.48. The van der Waals surface area contributed by atoms with Crippen LogP contribution in [0.15, 0.2) is 30.3 Å². The second kappa shape index (κ2) is 5.24. The van der Waals surface area contributed by atoms with E-state index in [1.807, 2.05) is 30.3 Å². The van der Waals surface area contributed by atoms with Crippen molar-refractivity contribution in [3.63, 3.8) is 0 Å². The van der Waals surface area contributed by atoms with Gasteiger partial charge in [0.05, 0.1) is 14.2 Å². The summed E-state index contributed by atoms with van der Waals surface area (Å²) < 4.78 is 19.3. The maximum Gasteiger partial charge on any atom is 0.164 e. The molecule has 0 atom stereocenters. The monoisotopic (exact) mass is 254 g/mol. The Bertz CT molecular complexity index is 340. The molecule has 3 aliphatic rings. The number of para-hydroxylation sites is 1. The summed E-state index contributed by atoms with van der Waals surface area (Å²) in [6.07, 6.45) is 0. The summed E-state index contributed by atoms with van der Waals surface area (Å²) in [6.45, 7) is 5.35. The van der Waals surface area contributed by atoms with Gasteiger partial charge in [-0.1, -0.05) is 18.2 Å². The second-order valence-corrected chi connectivity index (χ2v) is 5.51. The Balaban J connectivity index is 0.000000138. The zero-order chi connectivity index (χ0) is 13.1. The van der Waals surface area contributed by atoms with Crippen LogP contribution in [0.1, 0.15) is 0 Å². The van der Waals surface area contributed by atoms with Crippen LogP contribution in [0, 0.1) is 0 Å². The number of piperazine rings is 3. The first-order valence-corrected chi connectivity index (χ1v) is 6.54. The van der Waals surface area contributed by atoms with Gasteiger partial charge in [0.1, 0.15) is 25.4 Å². The first-order valence-electron chi connectivity index (χ1n) is 6.54. The van der Waals surface area contributed by atoms with Crippen LogP contribution in [0.25, 0.3) is 0 Å². The normalized spacial score (nSPS) is 33.5. The van der Waals surface area contributed by atoms with Gasteiger partial charge in [-0.2, -0.15) is 0 Å². The van der Waals surface area contributed by atoms with Gasteiger partial charge < -0.3 is 9.22 Å². The number of nitrogens with zero attached hydrogens (tertiary/aromatic N) is 2. The van der Waals surface area contributed by atoms with Gasteiger partial charge in [-0.15, -0.1) is 4.71 Å². The van der Waals surface area contributed by atoms with Crippen LogP contribution >= 0.6 is 0 Å². The molecule has 0 spiro atoms. The molecule has 0 saturated carbocycles. The van der Waals surface area contributed by atoms with Crippen LogP contribution in [0.4, 0.5) is 4.48 Å². The van der Waals surface area contributed by atoms with E-state index in [0.717, 1.165) is 49.5 Å². The molecule has 3 saturated heterocycles. The van der Waals surface area contributed by atoms with Crippen molar-refractivity contribution in [1.82, 2.24) is 0 Å². The lowest BCUT2D eigenvalue weighted by atomic mass is 10.2. The molecular weight excluding hydrogens is 231 g/mol. The summed E-state index contributed by atoms with van der Waals surface area (Å²) in [5, 5.41) is 0. The number of halogens is 1. The first kappa shape index (κ1) is 13.3. The maximum atomic E-state index is 13.4. The molecule has 0 amide bonds. The number of methoxy groups -OCH3 is 1. The molecule has 0 N–H and O–H groups in total. The van der Waals surface area contributed by atoms with Crippen molar-refractivity contribution >= 4 is 0 Å². The van der Waals surface area contributed by atoms with Crippen LogP contribution in [0.5, 0.6) is 5.75 Å². The number of rotatable bonds is 1. The second-order valence-electron chi connectivity index (χ2n) is 5.51. The molecule has 0 radical (unpaired) electrons. The number of hydrogen-bond acceptors (Lipinski definition) is 1. The first-order chi connectivity index (χ1) is 8.55. The lowest BCUT2D eigenvalue weighted by Gasteiger charge is -2.47. The third-order valence-electron chi connectivity index (χ3n) is 4.10. The molecule has 4 rings (SSSR count). The molecule has 1 aromatic rings. The lowest BCUT2D eigenvalue weighted by molar-refractivity contribution is -1.14.